The standard InChI is InChI=1S/C28H34N6O2S/c1-2-31(20-22-8-4-3-5-9-22)27(35)24-21-37-26(30-24)23-11-14-33(15-12-23)28(36)34-18-16-32(17-19-34)25-10-6-7-13-29-25/h3-10,13,21,23H,2,11-12,14-20H2,1H3. The molecule has 37 heavy (non-hydrogen) atoms. The molecule has 0 aliphatic carbocycles. The number of likely N-dealkylation sites (tertiary alicyclic amines) is 1. The van der Waals surface area contributed by atoms with E-state index in [0.29, 0.717) is 37.8 Å². The molecule has 3 aromatic rings. The topological polar surface area (TPSA) is 72.9 Å². The van der Waals surface area contributed by atoms with E-state index < -0.39 is 0 Å². The van der Waals surface area contributed by atoms with Crippen LogP contribution in [0.3, 0.4) is 0 Å². The number of carbonyl (C=O) groups excluding carboxylic acids is 2. The van der Waals surface area contributed by atoms with E-state index >= 15 is 0 Å². The van der Waals surface area contributed by atoms with Crippen LogP contribution in [0.1, 0.15) is 46.7 Å². The Bertz CT molecular complexity index is 1170. The molecule has 0 atom stereocenters. The highest BCUT2D eigenvalue weighted by molar-refractivity contribution is 7.09. The largest absolute Gasteiger partial charge is 0.353 e. The number of nitrogens with zero attached hydrogens (tertiary/aromatic N) is 6. The number of amides is 3. The predicted molar refractivity (Wildman–Crippen MR) is 146 cm³/mol. The second kappa shape index (κ2) is 11.7. The van der Waals surface area contributed by atoms with Gasteiger partial charge in [-0.1, -0.05) is 36.4 Å². The highest BCUT2D eigenvalue weighted by Crippen LogP contribution is 2.31. The maximum Gasteiger partial charge on any atom is 0.320 e. The molecule has 8 nitrogen and oxygen atoms in total. The van der Waals surface area contributed by atoms with Gasteiger partial charge < -0.3 is 19.6 Å². The molecule has 2 aliphatic heterocycles. The van der Waals surface area contributed by atoms with Crippen LogP contribution in [-0.2, 0) is 6.54 Å². The summed E-state index contributed by atoms with van der Waals surface area (Å²) in [6, 6.07) is 16.1. The van der Waals surface area contributed by atoms with Crippen LogP contribution in [0.25, 0.3) is 0 Å². The van der Waals surface area contributed by atoms with Crippen molar-refractivity contribution in [3.05, 3.63) is 76.4 Å². The van der Waals surface area contributed by atoms with Gasteiger partial charge in [-0.15, -0.1) is 11.3 Å². The second-order valence-electron chi connectivity index (χ2n) is 9.58. The lowest BCUT2D eigenvalue weighted by molar-refractivity contribution is 0.0747. The van der Waals surface area contributed by atoms with Gasteiger partial charge in [0, 0.05) is 69.9 Å². The molecule has 0 spiro atoms. The molecule has 2 aliphatic rings. The normalized spacial score (nSPS) is 16.6. The van der Waals surface area contributed by atoms with E-state index in [2.05, 4.69) is 9.88 Å². The molecule has 3 amide bonds. The third-order valence-corrected chi connectivity index (χ3v) is 8.27. The molecule has 0 unspecified atom stereocenters. The monoisotopic (exact) mass is 518 g/mol. The summed E-state index contributed by atoms with van der Waals surface area (Å²) in [6.07, 6.45) is 3.56. The molecule has 0 saturated carbocycles. The fourth-order valence-electron chi connectivity index (χ4n) is 5.05. The molecule has 2 saturated heterocycles. The van der Waals surface area contributed by atoms with E-state index in [9.17, 15) is 9.59 Å². The first kappa shape index (κ1) is 25.2. The number of aromatic nitrogens is 2. The third kappa shape index (κ3) is 5.93. The number of hydrogen-bond donors (Lipinski definition) is 0. The Morgan fingerprint density at radius 1 is 0.946 bits per heavy atom. The maximum atomic E-state index is 13.1. The van der Waals surface area contributed by atoms with Gasteiger partial charge >= 0.3 is 6.03 Å². The molecule has 0 radical (unpaired) electrons. The molecule has 0 N–H and O–H groups in total. The average Bonchev–Trinajstić information content (AvgIpc) is 3.47. The van der Waals surface area contributed by atoms with Crippen molar-refractivity contribution in [3.8, 4) is 0 Å². The van der Waals surface area contributed by atoms with Gasteiger partial charge in [0.1, 0.15) is 11.5 Å². The molecule has 194 valence electrons. The van der Waals surface area contributed by atoms with Crippen LogP contribution >= 0.6 is 11.3 Å². The van der Waals surface area contributed by atoms with Gasteiger partial charge in [-0.25, -0.2) is 14.8 Å². The van der Waals surface area contributed by atoms with Crippen LogP contribution in [0.15, 0.2) is 60.1 Å². The van der Waals surface area contributed by atoms with Crippen LogP contribution in [0.2, 0.25) is 0 Å². The highest BCUT2D eigenvalue weighted by Gasteiger charge is 2.31. The number of carbonyl (C=O) groups is 2. The smallest absolute Gasteiger partial charge is 0.320 e. The minimum atomic E-state index is -0.0219. The van der Waals surface area contributed by atoms with E-state index in [-0.39, 0.29) is 11.9 Å². The fraction of sp³-hybridized carbons (Fsp3) is 0.429. The third-order valence-electron chi connectivity index (χ3n) is 7.26. The van der Waals surface area contributed by atoms with Crippen LogP contribution in [-0.4, -0.2) is 82.4 Å². The average molecular weight is 519 g/mol. The lowest BCUT2D eigenvalue weighted by Gasteiger charge is -2.39. The van der Waals surface area contributed by atoms with Crippen molar-refractivity contribution in [3.63, 3.8) is 0 Å². The number of benzene rings is 1. The summed E-state index contributed by atoms with van der Waals surface area (Å²) in [5.74, 6) is 1.24. The van der Waals surface area contributed by atoms with Crippen LogP contribution in [0, 0.1) is 0 Å². The Morgan fingerprint density at radius 3 is 2.32 bits per heavy atom. The van der Waals surface area contributed by atoms with E-state index in [1.54, 1.807) is 11.3 Å². The van der Waals surface area contributed by atoms with E-state index in [0.717, 1.165) is 55.4 Å². The molecule has 2 fully saturated rings. The zero-order chi connectivity index (χ0) is 25.6. The SMILES string of the molecule is CCN(Cc1ccccc1)C(=O)c1csc(C2CCN(C(=O)N3CCN(c4ccccn4)CC3)CC2)n1. The van der Waals surface area contributed by atoms with Crippen molar-refractivity contribution in [2.24, 2.45) is 0 Å². The number of hydrogen-bond acceptors (Lipinski definition) is 6. The first-order valence-corrected chi connectivity index (χ1v) is 14.0. The molecule has 0 bridgehead atoms. The van der Waals surface area contributed by atoms with Crippen molar-refractivity contribution >= 4 is 29.1 Å². The van der Waals surface area contributed by atoms with Gasteiger partial charge in [0.25, 0.3) is 5.91 Å². The summed E-state index contributed by atoms with van der Waals surface area (Å²) in [7, 11) is 0. The van der Waals surface area contributed by atoms with Gasteiger partial charge in [-0.05, 0) is 37.5 Å². The van der Waals surface area contributed by atoms with Crippen molar-refractivity contribution in [2.75, 3.05) is 50.7 Å². The Balaban J connectivity index is 1.12. The van der Waals surface area contributed by atoms with Crippen LogP contribution in [0.5, 0.6) is 0 Å². The summed E-state index contributed by atoms with van der Waals surface area (Å²) in [4.78, 5) is 43.4. The van der Waals surface area contributed by atoms with Crippen LogP contribution in [0.4, 0.5) is 10.6 Å². The number of piperazine rings is 1. The molecular formula is C28H34N6O2S. The van der Waals surface area contributed by atoms with Gasteiger partial charge in [-0.3, -0.25) is 4.79 Å². The number of thiazole rings is 1. The zero-order valence-electron chi connectivity index (χ0n) is 21.3. The summed E-state index contributed by atoms with van der Waals surface area (Å²) in [5, 5.41) is 2.90. The van der Waals surface area contributed by atoms with Crippen molar-refractivity contribution in [1.82, 2.24) is 24.7 Å². The molecule has 2 aromatic heterocycles. The fourth-order valence-corrected chi connectivity index (χ4v) is 6.02. The van der Waals surface area contributed by atoms with Crippen molar-refractivity contribution in [2.45, 2.75) is 32.2 Å². The van der Waals surface area contributed by atoms with E-state index in [4.69, 9.17) is 4.98 Å². The van der Waals surface area contributed by atoms with Crippen molar-refractivity contribution < 1.29 is 9.59 Å². The number of rotatable bonds is 6. The summed E-state index contributed by atoms with van der Waals surface area (Å²) < 4.78 is 0. The van der Waals surface area contributed by atoms with Gasteiger partial charge in [0.05, 0.1) is 5.01 Å². The van der Waals surface area contributed by atoms with Crippen molar-refractivity contribution in [1.29, 1.82) is 0 Å². The number of piperidine rings is 1. The maximum absolute atomic E-state index is 13.1. The summed E-state index contributed by atoms with van der Waals surface area (Å²) >= 11 is 1.57. The second-order valence-corrected chi connectivity index (χ2v) is 10.5. The summed E-state index contributed by atoms with van der Waals surface area (Å²) in [6.45, 7) is 7.69. The van der Waals surface area contributed by atoms with E-state index in [1.165, 1.54) is 0 Å². The number of anilines is 1. The molecule has 9 heteroatoms. The Hall–Kier alpha value is -3.46. The minimum absolute atomic E-state index is 0.0219. The minimum Gasteiger partial charge on any atom is -0.353 e. The quantitative estimate of drug-likeness (QED) is 0.486. The van der Waals surface area contributed by atoms with Crippen LogP contribution < -0.4 is 4.90 Å². The number of pyridine rings is 1. The Labute approximate surface area is 222 Å². The van der Waals surface area contributed by atoms with E-state index in [1.807, 2.05) is 81.7 Å². The predicted octanol–water partition coefficient (Wildman–Crippen LogP) is 4.32. The zero-order valence-corrected chi connectivity index (χ0v) is 22.1. The molecule has 1 aromatic carbocycles. The highest BCUT2D eigenvalue weighted by atomic mass is 32.1. The van der Waals surface area contributed by atoms with Gasteiger partial charge in [0.15, 0.2) is 0 Å². The molecule has 4 heterocycles. The first-order chi connectivity index (χ1) is 18.1. The number of urea groups is 1. The Morgan fingerprint density at radius 2 is 1.65 bits per heavy atom. The lowest BCUT2D eigenvalue weighted by Crippen LogP contribution is -2.54. The molecular weight excluding hydrogens is 484 g/mol. The van der Waals surface area contributed by atoms with Gasteiger partial charge in [0.2, 0.25) is 0 Å². The summed E-state index contributed by atoms with van der Waals surface area (Å²) in [5.41, 5.74) is 1.64. The first-order valence-electron chi connectivity index (χ1n) is 13.1. The molecule has 5 rings (SSSR count). The Kier molecular flexibility index (Phi) is 7.99. The van der Waals surface area contributed by atoms with Gasteiger partial charge in [-0.2, -0.15) is 0 Å². The lowest BCUT2D eigenvalue weighted by atomic mass is 9.98.